The fourth-order valence-electron chi connectivity index (χ4n) is 2.83. The molecule has 0 saturated carbocycles. The molecular weight excluding hydrogens is 274 g/mol. The van der Waals surface area contributed by atoms with Crippen molar-refractivity contribution in [2.24, 2.45) is 0 Å². The van der Waals surface area contributed by atoms with Crippen LogP contribution in [0.2, 0.25) is 0 Å². The number of hydrogen-bond donors (Lipinski definition) is 0. The molecule has 0 spiro atoms. The van der Waals surface area contributed by atoms with E-state index >= 15 is 0 Å². The van der Waals surface area contributed by atoms with Gasteiger partial charge >= 0.3 is 0 Å². The van der Waals surface area contributed by atoms with Gasteiger partial charge in [-0.15, -0.1) is 0 Å². The number of methoxy groups -OCH3 is 1. The van der Waals surface area contributed by atoms with Crippen LogP contribution in [0.4, 0.5) is 0 Å². The van der Waals surface area contributed by atoms with Crippen LogP contribution in [-0.4, -0.2) is 24.5 Å². The smallest absolute Gasteiger partial charge is 0.223 e. The predicted molar refractivity (Wildman–Crippen MR) is 88.4 cm³/mol. The van der Waals surface area contributed by atoms with Crippen molar-refractivity contribution in [3.63, 3.8) is 0 Å². The van der Waals surface area contributed by atoms with Crippen LogP contribution in [-0.2, 0) is 11.2 Å². The van der Waals surface area contributed by atoms with Crippen LogP contribution in [0.25, 0.3) is 11.8 Å². The minimum absolute atomic E-state index is 0.0780. The molecule has 1 aliphatic heterocycles. The molecule has 22 heavy (non-hydrogen) atoms. The third-order valence-corrected chi connectivity index (χ3v) is 3.99. The van der Waals surface area contributed by atoms with Crippen molar-refractivity contribution in [1.29, 1.82) is 0 Å². The highest BCUT2D eigenvalue weighted by Crippen LogP contribution is 2.30. The largest absolute Gasteiger partial charge is 0.497 e. The van der Waals surface area contributed by atoms with E-state index in [4.69, 9.17) is 4.74 Å². The van der Waals surface area contributed by atoms with Crippen molar-refractivity contribution in [1.82, 2.24) is 4.90 Å². The molecule has 0 fully saturated rings. The van der Waals surface area contributed by atoms with Gasteiger partial charge in [-0.1, -0.05) is 36.4 Å². The molecule has 0 aromatic heterocycles. The lowest BCUT2D eigenvalue weighted by Gasteiger charge is -2.31. The molecule has 0 saturated heterocycles. The van der Waals surface area contributed by atoms with Gasteiger partial charge in [-0.25, -0.2) is 0 Å². The number of nitrogens with zero attached hydrogens (tertiary/aromatic N) is 1. The first kappa shape index (κ1) is 14.4. The highest BCUT2D eigenvalue weighted by molar-refractivity contribution is 5.93. The summed E-state index contributed by atoms with van der Waals surface area (Å²) in [6.45, 7) is 2.35. The average Bonchev–Trinajstić information content (AvgIpc) is 2.55. The van der Waals surface area contributed by atoms with E-state index in [0.717, 1.165) is 35.5 Å². The molecule has 0 aliphatic carbocycles. The van der Waals surface area contributed by atoms with Crippen molar-refractivity contribution < 1.29 is 9.53 Å². The number of fused-ring (bicyclic) bond motifs is 1. The lowest BCUT2D eigenvalue weighted by molar-refractivity contribution is -0.125. The van der Waals surface area contributed by atoms with E-state index in [-0.39, 0.29) is 5.91 Å². The third kappa shape index (κ3) is 2.75. The summed E-state index contributed by atoms with van der Waals surface area (Å²) < 4.78 is 5.19. The Kier molecular flexibility index (Phi) is 3.96. The molecule has 0 radical (unpaired) electrons. The minimum atomic E-state index is 0.0780. The first-order chi connectivity index (χ1) is 10.7. The van der Waals surface area contributed by atoms with Gasteiger partial charge in [0, 0.05) is 19.0 Å². The topological polar surface area (TPSA) is 29.5 Å². The highest BCUT2D eigenvalue weighted by Gasteiger charge is 2.23. The van der Waals surface area contributed by atoms with Gasteiger partial charge in [0.2, 0.25) is 5.91 Å². The molecule has 0 unspecified atom stereocenters. The first-order valence-corrected chi connectivity index (χ1v) is 7.41. The van der Waals surface area contributed by atoms with Crippen LogP contribution >= 0.6 is 0 Å². The Morgan fingerprint density at radius 1 is 1.14 bits per heavy atom. The second-order valence-electron chi connectivity index (χ2n) is 5.38. The number of benzene rings is 2. The molecule has 1 aliphatic rings. The Labute approximate surface area is 130 Å². The van der Waals surface area contributed by atoms with Crippen LogP contribution in [0.1, 0.15) is 23.6 Å². The zero-order chi connectivity index (χ0) is 15.5. The van der Waals surface area contributed by atoms with E-state index in [1.807, 2.05) is 41.3 Å². The zero-order valence-corrected chi connectivity index (χ0v) is 12.9. The van der Waals surface area contributed by atoms with Crippen molar-refractivity contribution in [3.8, 4) is 5.75 Å². The second kappa shape index (κ2) is 6.06. The fourth-order valence-corrected chi connectivity index (χ4v) is 2.83. The van der Waals surface area contributed by atoms with E-state index in [2.05, 4.69) is 18.2 Å². The normalized spacial score (nSPS) is 15.5. The number of hydrogen-bond acceptors (Lipinski definition) is 2. The van der Waals surface area contributed by atoms with Crippen LogP contribution < -0.4 is 4.74 Å². The van der Waals surface area contributed by atoms with Crippen LogP contribution in [0.15, 0.2) is 48.5 Å². The van der Waals surface area contributed by atoms with Gasteiger partial charge in [-0.2, -0.15) is 0 Å². The number of carbonyl (C=O) groups is 1. The molecule has 3 nitrogen and oxygen atoms in total. The molecule has 0 N–H and O–H groups in total. The quantitative estimate of drug-likeness (QED) is 0.846. The van der Waals surface area contributed by atoms with Gasteiger partial charge < -0.3 is 9.64 Å². The summed E-state index contributed by atoms with van der Waals surface area (Å²) in [6.07, 6.45) is 2.97. The molecule has 0 bridgehead atoms. The summed E-state index contributed by atoms with van der Waals surface area (Å²) in [6, 6.07) is 16.1. The van der Waals surface area contributed by atoms with E-state index in [1.165, 1.54) is 5.56 Å². The molecular formula is C19H19NO2. The Morgan fingerprint density at radius 3 is 2.55 bits per heavy atom. The van der Waals surface area contributed by atoms with E-state index < -0.39 is 0 Å². The summed E-state index contributed by atoms with van der Waals surface area (Å²) in [5, 5.41) is 0. The Balaban J connectivity index is 2.06. The van der Waals surface area contributed by atoms with E-state index in [9.17, 15) is 4.79 Å². The second-order valence-corrected chi connectivity index (χ2v) is 5.38. The number of ether oxygens (including phenoxy) is 1. The van der Waals surface area contributed by atoms with Gasteiger partial charge in [0.25, 0.3) is 0 Å². The van der Waals surface area contributed by atoms with Crippen molar-refractivity contribution in [2.45, 2.75) is 13.3 Å². The van der Waals surface area contributed by atoms with Crippen molar-refractivity contribution >= 4 is 17.7 Å². The monoisotopic (exact) mass is 293 g/mol. The molecule has 2 aromatic rings. The van der Waals surface area contributed by atoms with Gasteiger partial charge in [-0.3, -0.25) is 4.79 Å². The zero-order valence-electron chi connectivity index (χ0n) is 12.9. The van der Waals surface area contributed by atoms with Gasteiger partial charge in [0.05, 0.1) is 12.8 Å². The molecule has 3 heteroatoms. The lowest BCUT2D eigenvalue weighted by Crippen LogP contribution is -2.33. The standard InChI is InChI=1S/C19H19NO2/c1-14(21)20-12-11-16-5-3-4-6-18(16)19(20)13-15-7-9-17(22-2)10-8-15/h3-10,13H,11-12H2,1-2H3. The molecule has 1 heterocycles. The maximum atomic E-state index is 12.0. The predicted octanol–water partition coefficient (Wildman–Crippen LogP) is 3.60. The van der Waals surface area contributed by atoms with Crippen LogP contribution in [0.3, 0.4) is 0 Å². The Hall–Kier alpha value is -2.55. The fraction of sp³-hybridized carbons (Fsp3) is 0.211. The maximum absolute atomic E-state index is 12.0. The molecule has 112 valence electrons. The van der Waals surface area contributed by atoms with Crippen LogP contribution in [0.5, 0.6) is 5.75 Å². The molecule has 0 atom stereocenters. The highest BCUT2D eigenvalue weighted by atomic mass is 16.5. The van der Waals surface area contributed by atoms with Crippen molar-refractivity contribution in [3.05, 3.63) is 65.2 Å². The number of amides is 1. The molecule has 1 amide bonds. The minimum Gasteiger partial charge on any atom is -0.497 e. The SMILES string of the molecule is COc1ccc(C=C2c3ccccc3CCN2C(C)=O)cc1. The third-order valence-electron chi connectivity index (χ3n) is 3.99. The number of rotatable bonds is 2. The first-order valence-electron chi connectivity index (χ1n) is 7.41. The lowest BCUT2D eigenvalue weighted by atomic mass is 9.95. The summed E-state index contributed by atoms with van der Waals surface area (Å²) in [5.74, 6) is 0.906. The molecule has 3 rings (SSSR count). The van der Waals surface area contributed by atoms with E-state index in [0.29, 0.717) is 0 Å². The Bertz CT molecular complexity index is 716. The number of carbonyl (C=O) groups excluding carboxylic acids is 1. The Morgan fingerprint density at radius 2 is 1.86 bits per heavy atom. The van der Waals surface area contributed by atoms with Crippen molar-refractivity contribution in [2.75, 3.05) is 13.7 Å². The molecule has 2 aromatic carbocycles. The van der Waals surface area contributed by atoms with Gasteiger partial charge in [0.1, 0.15) is 5.75 Å². The van der Waals surface area contributed by atoms with E-state index in [1.54, 1.807) is 14.0 Å². The summed E-state index contributed by atoms with van der Waals surface area (Å²) in [4.78, 5) is 13.8. The van der Waals surface area contributed by atoms with Gasteiger partial charge in [-0.05, 0) is 35.8 Å². The van der Waals surface area contributed by atoms with Crippen LogP contribution in [0, 0.1) is 0 Å². The average molecular weight is 293 g/mol. The maximum Gasteiger partial charge on any atom is 0.223 e. The summed E-state index contributed by atoms with van der Waals surface area (Å²) in [7, 11) is 1.66. The summed E-state index contributed by atoms with van der Waals surface area (Å²) >= 11 is 0. The summed E-state index contributed by atoms with van der Waals surface area (Å²) in [5.41, 5.74) is 4.46. The van der Waals surface area contributed by atoms with Gasteiger partial charge in [0.15, 0.2) is 0 Å².